The van der Waals surface area contributed by atoms with Gasteiger partial charge in [0, 0.05) is 24.2 Å². The Labute approximate surface area is 142 Å². The second-order valence-corrected chi connectivity index (χ2v) is 7.23. The van der Waals surface area contributed by atoms with Crippen LogP contribution in [0.3, 0.4) is 0 Å². The first-order valence-corrected chi connectivity index (χ1v) is 9.15. The van der Waals surface area contributed by atoms with Crippen LogP contribution in [0.15, 0.2) is 4.52 Å². The van der Waals surface area contributed by atoms with Crippen LogP contribution in [0.4, 0.5) is 0 Å². The minimum Gasteiger partial charge on any atom is -0.352 e. The first-order chi connectivity index (χ1) is 11.1. The first-order valence-electron chi connectivity index (χ1n) is 8.77. The van der Waals surface area contributed by atoms with E-state index in [4.69, 9.17) is 16.1 Å². The van der Waals surface area contributed by atoms with Gasteiger partial charge in [-0.15, -0.1) is 0 Å². The molecule has 1 saturated carbocycles. The highest BCUT2D eigenvalue weighted by atomic mass is 35.5. The Morgan fingerprint density at radius 2 is 2.09 bits per heavy atom. The van der Waals surface area contributed by atoms with Crippen molar-refractivity contribution in [3.63, 3.8) is 0 Å². The van der Waals surface area contributed by atoms with Crippen LogP contribution in [-0.4, -0.2) is 41.1 Å². The third-order valence-electron chi connectivity index (χ3n) is 5.18. The maximum atomic E-state index is 12.3. The number of hydrogen-bond acceptors (Lipinski definition) is 4. The standard InChI is InChI=1S/C17H26ClN3O2/c1-12-15(17(18)23-20-12)10-16(22)19-13-6-5-9-21(11-13)14-7-3-2-4-8-14/h13-14H,2-11H2,1H3,(H,19,22). The van der Waals surface area contributed by atoms with Crippen LogP contribution in [0.1, 0.15) is 56.2 Å². The van der Waals surface area contributed by atoms with Crippen molar-refractivity contribution in [1.82, 2.24) is 15.4 Å². The van der Waals surface area contributed by atoms with Crippen LogP contribution in [0.2, 0.25) is 5.22 Å². The summed E-state index contributed by atoms with van der Waals surface area (Å²) in [6.07, 6.45) is 9.18. The molecular formula is C17H26ClN3O2. The van der Waals surface area contributed by atoms with Gasteiger partial charge in [-0.2, -0.15) is 0 Å². The monoisotopic (exact) mass is 339 g/mol. The summed E-state index contributed by atoms with van der Waals surface area (Å²) in [5, 5.41) is 7.19. The number of likely N-dealkylation sites (tertiary alicyclic amines) is 1. The van der Waals surface area contributed by atoms with Gasteiger partial charge in [0.25, 0.3) is 0 Å². The fourth-order valence-electron chi connectivity index (χ4n) is 3.90. The topological polar surface area (TPSA) is 58.4 Å². The van der Waals surface area contributed by atoms with Gasteiger partial charge >= 0.3 is 0 Å². The average molecular weight is 340 g/mol. The highest BCUT2D eigenvalue weighted by molar-refractivity contribution is 6.29. The van der Waals surface area contributed by atoms with Crippen LogP contribution >= 0.6 is 11.6 Å². The molecule has 1 saturated heterocycles. The summed E-state index contributed by atoms with van der Waals surface area (Å²) in [5.41, 5.74) is 1.39. The molecule has 0 radical (unpaired) electrons. The van der Waals surface area contributed by atoms with Gasteiger partial charge in [0.15, 0.2) is 0 Å². The molecule has 2 heterocycles. The molecule has 1 N–H and O–H groups in total. The lowest BCUT2D eigenvalue weighted by molar-refractivity contribution is -0.121. The predicted molar refractivity (Wildman–Crippen MR) is 89.6 cm³/mol. The number of carbonyl (C=O) groups excluding carboxylic acids is 1. The first kappa shape index (κ1) is 16.8. The summed E-state index contributed by atoms with van der Waals surface area (Å²) in [7, 11) is 0. The molecule has 3 rings (SSSR count). The van der Waals surface area contributed by atoms with E-state index in [9.17, 15) is 4.79 Å². The highest BCUT2D eigenvalue weighted by Crippen LogP contribution is 2.25. The summed E-state index contributed by atoms with van der Waals surface area (Å²) in [4.78, 5) is 14.9. The lowest BCUT2D eigenvalue weighted by Gasteiger charge is -2.40. The van der Waals surface area contributed by atoms with Crippen molar-refractivity contribution >= 4 is 17.5 Å². The lowest BCUT2D eigenvalue weighted by Crippen LogP contribution is -2.51. The van der Waals surface area contributed by atoms with Crippen molar-refractivity contribution in [2.75, 3.05) is 13.1 Å². The Kier molecular flexibility index (Phi) is 5.59. The molecule has 1 aliphatic heterocycles. The van der Waals surface area contributed by atoms with Crippen LogP contribution in [-0.2, 0) is 11.2 Å². The molecular weight excluding hydrogens is 314 g/mol. The zero-order valence-corrected chi connectivity index (χ0v) is 14.6. The van der Waals surface area contributed by atoms with E-state index in [2.05, 4.69) is 15.4 Å². The number of amides is 1. The number of carbonyl (C=O) groups is 1. The lowest BCUT2D eigenvalue weighted by atomic mass is 9.92. The third-order valence-corrected chi connectivity index (χ3v) is 5.48. The predicted octanol–water partition coefficient (Wildman–Crippen LogP) is 3.09. The van der Waals surface area contributed by atoms with Crippen LogP contribution in [0.25, 0.3) is 0 Å². The fourth-order valence-corrected chi connectivity index (χ4v) is 4.14. The highest BCUT2D eigenvalue weighted by Gasteiger charge is 2.28. The summed E-state index contributed by atoms with van der Waals surface area (Å²) in [5.74, 6) is 0.00805. The molecule has 6 heteroatoms. The molecule has 5 nitrogen and oxygen atoms in total. The Morgan fingerprint density at radius 1 is 1.30 bits per heavy atom. The summed E-state index contributed by atoms with van der Waals surface area (Å²) >= 11 is 5.94. The maximum absolute atomic E-state index is 12.3. The van der Waals surface area contributed by atoms with Crippen LogP contribution in [0, 0.1) is 6.92 Å². The minimum atomic E-state index is 0.00805. The molecule has 0 aromatic carbocycles. The molecule has 0 spiro atoms. The summed E-state index contributed by atoms with van der Waals surface area (Å²) < 4.78 is 4.91. The van der Waals surface area contributed by atoms with E-state index >= 15 is 0 Å². The van der Waals surface area contributed by atoms with E-state index in [0.717, 1.165) is 25.4 Å². The molecule has 1 aromatic heterocycles. The number of piperidine rings is 1. The molecule has 1 unspecified atom stereocenters. The molecule has 1 aliphatic carbocycles. The van der Waals surface area contributed by atoms with Gasteiger partial charge in [0.1, 0.15) is 0 Å². The molecule has 0 bridgehead atoms. The SMILES string of the molecule is Cc1noc(Cl)c1CC(=O)NC1CCCN(C2CCCCC2)C1. The minimum absolute atomic E-state index is 0.00805. The van der Waals surface area contributed by atoms with Crippen molar-refractivity contribution in [1.29, 1.82) is 0 Å². The molecule has 2 fully saturated rings. The van der Waals surface area contributed by atoms with Crippen molar-refractivity contribution < 1.29 is 9.32 Å². The molecule has 2 aliphatic rings. The normalized spacial score (nSPS) is 23.8. The summed E-state index contributed by atoms with van der Waals surface area (Å²) in [6, 6.07) is 0.968. The van der Waals surface area contributed by atoms with Crippen molar-refractivity contribution in [3.05, 3.63) is 16.5 Å². The second kappa shape index (κ2) is 7.67. The smallest absolute Gasteiger partial charge is 0.229 e. The number of rotatable bonds is 4. The number of nitrogens with one attached hydrogen (secondary N) is 1. The number of halogens is 1. The largest absolute Gasteiger partial charge is 0.352 e. The van der Waals surface area contributed by atoms with Crippen LogP contribution in [0.5, 0.6) is 0 Å². The zero-order valence-electron chi connectivity index (χ0n) is 13.8. The van der Waals surface area contributed by atoms with E-state index in [0.29, 0.717) is 11.3 Å². The van der Waals surface area contributed by atoms with E-state index in [1.807, 2.05) is 6.92 Å². The number of nitrogens with zero attached hydrogens (tertiary/aromatic N) is 2. The van der Waals surface area contributed by atoms with Gasteiger partial charge in [-0.1, -0.05) is 24.4 Å². The van der Waals surface area contributed by atoms with Gasteiger partial charge in [0.05, 0.1) is 12.1 Å². The fraction of sp³-hybridized carbons (Fsp3) is 0.765. The van der Waals surface area contributed by atoms with Crippen molar-refractivity contribution in [2.45, 2.75) is 70.4 Å². The molecule has 1 amide bonds. The Morgan fingerprint density at radius 3 is 2.78 bits per heavy atom. The Balaban J connectivity index is 1.52. The van der Waals surface area contributed by atoms with Crippen LogP contribution < -0.4 is 5.32 Å². The molecule has 23 heavy (non-hydrogen) atoms. The van der Waals surface area contributed by atoms with E-state index in [1.54, 1.807) is 0 Å². The third kappa shape index (κ3) is 4.27. The van der Waals surface area contributed by atoms with Gasteiger partial charge in [0.2, 0.25) is 11.1 Å². The number of hydrogen-bond donors (Lipinski definition) is 1. The van der Waals surface area contributed by atoms with E-state index in [-0.39, 0.29) is 23.6 Å². The van der Waals surface area contributed by atoms with Gasteiger partial charge in [-0.25, -0.2) is 0 Å². The Hall–Kier alpha value is -1.07. The summed E-state index contributed by atoms with van der Waals surface area (Å²) in [6.45, 7) is 3.96. The quantitative estimate of drug-likeness (QED) is 0.915. The second-order valence-electron chi connectivity index (χ2n) is 6.89. The molecule has 1 atom stereocenters. The number of aromatic nitrogens is 1. The average Bonchev–Trinajstić information content (AvgIpc) is 2.88. The number of aryl methyl sites for hydroxylation is 1. The van der Waals surface area contributed by atoms with Gasteiger partial charge < -0.3 is 9.84 Å². The van der Waals surface area contributed by atoms with Crippen molar-refractivity contribution in [2.24, 2.45) is 0 Å². The van der Waals surface area contributed by atoms with E-state index < -0.39 is 0 Å². The van der Waals surface area contributed by atoms with Gasteiger partial charge in [-0.05, 0) is 50.8 Å². The maximum Gasteiger partial charge on any atom is 0.229 e. The Bertz CT molecular complexity index is 520. The zero-order chi connectivity index (χ0) is 16.2. The molecule has 1 aromatic rings. The molecule has 128 valence electrons. The van der Waals surface area contributed by atoms with Gasteiger partial charge in [-0.3, -0.25) is 9.69 Å². The van der Waals surface area contributed by atoms with Crippen molar-refractivity contribution in [3.8, 4) is 0 Å². The van der Waals surface area contributed by atoms with E-state index in [1.165, 1.54) is 38.6 Å².